The van der Waals surface area contributed by atoms with E-state index in [-0.39, 0.29) is 30.6 Å². The predicted octanol–water partition coefficient (Wildman–Crippen LogP) is 0.787. The molecule has 3 N–H and O–H groups in total. The van der Waals surface area contributed by atoms with E-state index in [0.29, 0.717) is 16.4 Å². The Labute approximate surface area is 368 Å². The van der Waals surface area contributed by atoms with Crippen LogP contribution in [0.5, 0.6) is 5.75 Å². The molecule has 3 heterocycles. The number of rotatable bonds is 7. The number of aromatic hydroxyl groups is 1. The first kappa shape index (κ1) is 49.5. The smallest absolute Gasteiger partial charge is 0.203 e. The molecule has 0 atom stereocenters. The van der Waals surface area contributed by atoms with Gasteiger partial charge in [-0.15, -0.1) is 9.80 Å². The van der Waals surface area contributed by atoms with Gasteiger partial charge in [-0.25, -0.2) is 9.13 Å². The van der Waals surface area contributed by atoms with E-state index in [1.54, 1.807) is 30.3 Å². The number of nitrogen functional groups attached to an aromatic ring is 1. The van der Waals surface area contributed by atoms with Crippen LogP contribution in [0.2, 0.25) is 5.02 Å². The van der Waals surface area contributed by atoms with E-state index in [9.17, 15) is 5.11 Å². The Balaban J connectivity index is 0.000000294. The molecule has 60 heavy (non-hydrogen) atoms. The normalized spacial score (nSPS) is 10.4. The topological polar surface area (TPSA) is 143 Å². The maximum atomic E-state index is 10.1. The summed E-state index contributed by atoms with van der Waals surface area (Å²) in [5.41, 5.74) is 12.9. The van der Waals surface area contributed by atoms with Crippen LogP contribution in [0.3, 0.4) is 0 Å². The highest BCUT2D eigenvalue weighted by Crippen LogP contribution is 2.35. The highest BCUT2D eigenvalue weighted by atomic mass is 35.5. The molecule has 15 heteroatoms. The first-order valence-electron chi connectivity index (χ1n) is 18.1. The summed E-state index contributed by atoms with van der Waals surface area (Å²) in [6.45, 7) is 0.972. The molecule has 0 saturated heterocycles. The molecule has 0 aliphatic rings. The van der Waals surface area contributed by atoms with Crippen molar-refractivity contribution < 1.29 is 53.6 Å². The van der Waals surface area contributed by atoms with Gasteiger partial charge in [0, 0.05) is 53.6 Å². The van der Waals surface area contributed by atoms with E-state index < -0.39 is 5.97 Å². The van der Waals surface area contributed by atoms with E-state index >= 15 is 0 Å². The third-order valence-corrected chi connectivity index (χ3v) is 8.55. The number of hydrogen-bond acceptors (Lipinski definition) is 8. The third kappa shape index (κ3) is 16.3. The second kappa shape index (κ2) is 25.0. The molecule has 0 aliphatic heterocycles. The Kier molecular flexibility index (Phi) is 20.7. The number of nitrogens with zero attached hydrogens (tertiary/aromatic N) is 8. The van der Waals surface area contributed by atoms with Gasteiger partial charge in [0.1, 0.15) is 25.4 Å². The molecule has 0 amide bonds. The van der Waals surface area contributed by atoms with Gasteiger partial charge in [-0.3, -0.25) is 5.01 Å². The number of benzene rings is 4. The van der Waals surface area contributed by atoms with Gasteiger partial charge in [0.15, 0.2) is 37.5 Å². The summed E-state index contributed by atoms with van der Waals surface area (Å²) >= 11 is 5.84. The number of carbonyl (C=O) groups excluding carboxylic acids is 1. The Morgan fingerprint density at radius 1 is 0.767 bits per heavy atom. The summed E-state index contributed by atoms with van der Waals surface area (Å²) in [5.74, 6) is -0.984. The van der Waals surface area contributed by atoms with Gasteiger partial charge in [-0.05, 0) is 78.7 Å². The fourth-order valence-corrected chi connectivity index (χ4v) is 5.20. The summed E-state index contributed by atoms with van der Waals surface area (Å²) < 4.78 is 7.84. The number of aliphatic carboxylic acids is 1. The van der Waals surface area contributed by atoms with Gasteiger partial charge >= 0.3 is 0 Å². The van der Waals surface area contributed by atoms with Gasteiger partial charge in [-0.1, -0.05) is 54.1 Å². The van der Waals surface area contributed by atoms with Gasteiger partial charge in [0.2, 0.25) is 6.20 Å². The van der Waals surface area contributed by atoms with Crippen LogP contribution >= 0.6 is 11.6 Å². The molecule has 0 bridgehead atoms. The number of aromatic nitrogens is 4. The molecule has 0 spiro atoms. The molecular weight excluding hydrogens is 821 g/mol. The minimum Gasteiger partial charge on any atom is -1.00 e. The van der Waals surface area contributed by atoms with Crippen LogP contribution in [0.1, 0.15) is 23.6 Å². The first-order chi connectivity index (χ1) is 27.8. The van der Waals surface area contributed by atoms with Crippen LogP contribution in [0.25, 0.3) is 23.1 Å². The maximum Gasteiger partial charge on any atom is 0.203 e. The standard InChI is InChI=1S/C15H13ClN4O.C14H16N3.C14H14N2.C2H4O2.2ClH/c1-19-9-10-3-8-13(21)14(15(10)20(19)2)18-17-12-6-4-11(16)5-7-12;1-16-10-8-13(9-11-16)12-15-17(2)14-6-4-3-5-7-14;1-16-10-8-13(9-11-16)3-2-12-4-6-14(15)7-5-12;1-2(3)4;;/h3-9H,1-2H3;3-12H,1-2H3;2-11,15H,1H3;1H3,(H,3,4);2*1H/q;+1;;;;/p-1. The quantitative estimate of drug-likeness (QED) is 0.0802. The van der Waals surface area contributed by atoms with Crippen LogP contribution in [0.4, 0.5) is 22.7 Å². The van der Waals surface area contributed by atoms with Crippen molar-refractivity contribution in [2.45, 2.75) is 6.92 Å². The fourth-order valence-electron chi connectivity index (χ4n) is 5.07. The van der Waals surface area contributed by atoms with Crippen LogP contribution in [0, 0.1) is 0 Å². The Bertz CT molecular complexity index is 2410. The van der Waals surface area contributed by atoms with E-state index in [4.69, 9.17) is 27.2 Å². The Morgan fingerprint density at radius 3 is 1.83 bits per heavy atom. The van der Waals surface area contributed by atoms with Crippen LogP contribution in [-0.4, -0.2) is 29.0 Å². The van der Waals surface area contributed by atoms with Crippen LogP contribution in [0.15, 0.2) is 162 Å². The molecule has 0 unspecified atom stereocenters. The molecule has 4 aromatic carbocycles. The zero-order chi connectivity index (χ0) is 42.0. The van der Waals surface area contributed by atoms with Crippen molar-refractivity contribution in [2.24, 2.45) is 43.5 Å². The number of phenolic OH excluding ortho intramolecular Hbond substituents is 1. The van der Waals surface area contributed by atoms with Crippen molar-refractivity contribution >= 4 is 69.6 Å². The number of carbonyl (C=O) groups is 1. The SMILES string of the molecule is CC(=O)[O-].CN(N=Cc1cc[n+](C)cc1)c1ccccc1.C[n+]1ccc(C=Cc2ccc(N)cc2)cc1.Cn1c2c(N=Nc3ccc(Cl)cc3)c(O)ccc2c[n+]1C.[Cl-].[Cl-]. The molecule has 0 fully saturated rings. The summed E-state index contributed by atoms with van der Waals surface area (Å²) in [4.78, 5) is 8.89. The second-order valence-corrected chi connectivity index (χ2v) is 13.4. The van der Waals surface area contributed by atoms with Crippen molar-refractivity contribution in [3.8, 4) is 5.75 Å². The number of nitrogens with two attached hydrogens (primary N) is 1. The highest BCUT2D eigenvalue weighted by Gasteiger charge is 2.16. The van der Waals surface area contributed by atoms with Crippen molar-refractivity contribution in [3.63, 3.8) is 0 Å². The van der Waals surface area contributed by atoms with Crippen LogP contribution in [-0.2, 0) is 33.0 Å². The molecule has 3 aromatic heterocycles. The number of phenols is 1. The molecule has 7 rings (SSSR count). The molecule has 0 saturated carbocycles. The number of carboxylic acid groups (broad SMARTS) is 1. The number of azo groups is 1. The van der Waals surface area contributed by atoms with Crippen molar-refractivity contribution in [1.82, 2.24) is 4.68 Å². The number of carboxylic acids is 1. The van der Waals surface area contributed by atoms with E-state index in [2.05, 4.69) is 39.6 Å². The van der Waals surface area contributed by atoms with E-state index in [1.807, 2.05) is 169 Å². The number of hydrazone groups is 1. The Morgan fingerprint density at radius 2 is 1.28 bits per heavy atom. The summed E-state index contributed by atoms with van der Waals surface area (Å²) in [6, 6.07) is 36.6. The van der Waals surface area contributed by atoms with Crippen molar-refractivity contribution in [3.05, 3.63) is 168 Å². The number of fused-ring (bicyclic) bond motifs is 1. The number of anilines is 2. The molecule has 312 valence electrons. The number of aryl methyl sites for hydroxylation is 4. The average molecular weight is 869 g/mol. The number of halogens is 3. The van der Waals surface area contributed by atoms with Gasteiger partial charge < -0.3 is 45.6 Å². The Hall–Kier alpha value is -6.60. The highest BCUT2D eigenvalue weighted by molar-refractivity contribution is 6.30. The minimum absolute atomic E-state index is 0. The first-order valence-corrected chi connectivity index (χ1v) is 18.5. The monoisotopic (exact) mass is 867 g/mol. The van der Waals surface area contributed by atoms with Crippen molar-refractivity contribution in [2.75, 3.05) is 17.8 Å². The number of para-hydroxylation sites is 1. The minimum atomic E-state index is -1.08. The number of hydrogen-bond donors (Lipinski definition) is 2. The number of pyridine rings is 2. The van der Waals surface area contributed by atoms with Gasteiger partial charge in [0.05, 0.1) is 30.0 Å². The average Bonchev–Trinajstić information content (AvgIpc) is 3.51. The molecular formula is C45H48Cl3N9O3. The van der Waals surface area contributed by atoms with Crippen LogP contribution < -0.4 is 54.5 Å². The zero-order valence-corrected chi connectivity index (χ0v) is 36.4. The molecule has 0 radical (unpaired) electrons. The predicted molar refractivity (Wildman–Crippen MR) is 230 cm³/mol. The van der Waals surface area contributed by atoms with E-state index in [1.165, 1.54) is 5.56 Å². The third-order valence-electron chi connectivity index (χ3n) is 8.30. The summed E-state index contributed by atoms with van der Waals surface area (Å²) in [7, 11) is 9.78. The lowest BCUT2D eigenvalue weighted by Crippen LogP contribution is -3.00. The van der Waals surface area contributed by atoms with E-state index in [0.717, 1.165) is 40.3 Å². The fraction of sp³-hybridized carbons (Fsp3) is 0.133. The molecule has 7 aromatic rings. The van der Waals surface area contributed by atoms with Gasteiger partial charge in [0.25, 0.3) is 0 Å². The summed E-state index contributed by atoms with van der Waals surface area (Å²) in [6.07, 6.45) is 16.1. The van der Waals surface area contributed by atoms with Crippen molar-refractivity contribution in [1.29, 1.82) is 0 Å². The molecule has 0 aliphatic carbocycles. The second-order valence-electron chi connectivity index (χ2n) is 13.0. The lowest BCUT2D eigenvalue weighted by Gasteiger charge is -2.11. The maximum absolute atomic E-state index is 10.1. The summed E-state index contributed by atoms with van der Waals surface area (Å²) in [5, 5.41) is 35.2. The lowest BCUT2D eigenvalue weighted by atomic mass is 10.1. The lowest BCUT2D eigenvalue weighted by molar-refractivity contribution is -0.748. The molecule has 12 nitrogen and oxygen atoms in total. The largest absolute Gasteiger partial charge is 1.00 e. The van der Waals surface area contributed by atoms with Gasteiger partial charge in [-0.2, -0.15) is 14.9 Å². The zero-order valence-electron chi connectivity index (χ0n) is 34.1.